The largest absolute Gasteiger partial charge is 0.494 e. The Balaban J connectivity index is 1.82. The van der Waals surface area contributed by atoms with Crippen molar-refractivity contribution >= 4 is 15.9 Å². The van der Waals surface area contributed by atoms with E-state index in [1.165, 1.54) is 14.2 Å². The van der Waals surface area contributed by atoms with Crippen molar-refractivity contribution in [3.05, 3.63) is 78.7 Å². The third kappa shape index (κ3) is 5.48. The lowest BCUT2D eigenvalue weighted by atomic mass is 10.2. The Morgan fingerprint density at radius 2 is 1.76 bits per heavy atom. The minimum Gasteiger partial charge on any atom is -0.494 e. The maximum absolute atomic E-state index is 13.4. The number of benzene rings is 1. The van der Waals surface area contributed by atoms with Crippen molar-refractivity contribution in [3.63, 3.8) is 0 Å². The van der Waals surface area contributed by atoms with Crippen LogP contribution in [0.25, 0.3) is 23.2 Å². The molecule has 192 valence electrons. The van der Waals surface area contributed by atoms with Crippen LogP contribution in [0, 0.1) is 5.82 Å². The number of para-hydroxylation sites is 1. The van der Waals surface area contributed by atoms with E-state index in [0.29, 0.717) is 28.6 Å². The summed E-state index contributed by atoms with van der Waals surface area (Å²) >= 11 is 0. The molecule has 10 nitrogen and oxygen atoms in total. The van der Waals surface area contributed by atoms with Crippen molar-refractivity contribution < 1.29 is 22.3 Å². The molecule has 0 radical (unpaired) electrons. The second kappa shape index (κ2) is 10.8. The number of hydrogen-bond donors (Lipinski definition) is 0. The number of hydrogen-bond acceptors (Lipinski definition) is 9. The van der Waals surface area contributed by atoms with Gasteiger partial charge in [-0.2, -0.15) is 0 Å². The Labute approximate surface area is 213 Å². The summed E-state index contributed by atoms with van der Waals surface area (Å²) in [5.41, 5.74) is 1.78. The quantitative estimate of drug-likeness (QED) is 0.307. The molecule has 0 saturated carbocycles. The Kier molecular flexibility index (Phi) is 7.58. The highest BCUT2D eigenvalue weighted by Gasteiger charge is 2.29. The summed E-state index contributed by atoms with van der Waals surface area (Å²) in [5.74, 6) is 0.531. The first-order valence-electron chi connectivity index (χ1n) is 11.2. The maximum atomic E-state index is 13.4. The molecule has 0 amide bonds. The number of methoxy groups -OCH3 is 2. The van der Waals surface area contributed by atoms with Gasteiger partial charge >= 0.3 is 0 Å². The van der Waals surface area contributed by atoms with Gasteiger partial charge < -0.3 is 9.47 Å². The molecule has 1 atom stereocenters. The van der Waals surface area contributed by atoms with Gasteiger partial charge in [0.15, 0.2) is 27.3 Å². The highest BCUT2D eigenvalue weighted by atomic mass is 32.2. The molecule has 0 aliphatic carbocycles. The van der Waals surface area contributed by atoms with E-state index in [1.54, 1.807) is 48.2 Å². The van der Waals surface area contributed by atoms with Gasteiger partial charge in [0.25, 0.3) is 0 Å². The third-order valence-electron chi connectivity index (χ3n) is 5.70. The van der Waals surface area contributed by atoms with E-state index in [4.69, 9.17) is 9.47 Å². The molecule has 0 unspecified atom stereocenters. The second-order valence-electron chi connectivity index (χ2n) is 8.14. The molecular weight excluding hydrogens is 499 g/mol. The van der Waals surface area contributed by atoms with E-state index in [1.807, 2.05) is 6.07 Å². The van der Waals surface area contributed by atoms with E-state index >= 15 is 0 Å². The second-order valence-corrected chi connectivity index (χ2v) is 10.6. The van der Waals surface area contributed by atoms with Crippen molar-refractivity contribution in [3.8, 4) is 28.6 Å². The van der Waals surface area contributed by atoms with Gasteiger partial charge in [0.05, 0.1) is 31.9 Å². The van der Waals surface area contributed by atoms with E-state index in [2.05, 4.69) is 31.7 Å². The fourth-order valence-electron chi connectivity index (χ4n) is 3.73. The molecule has 37 heavy (non-hydrogen) atoms. The van der Waals surface area contributed by atoms with Crippen molar-refractivity contribution in [2.75, 3.05) is 14.2 Å². The number of halogens is 1. The molecule has 0 bridgehead atoms. The summed E-state index contributed by atoms with van der Waals surface area (Å²) in [6, 6.07) is 7.03. The molecule has 3 heterocycles. The van der Waals surface area contributed by atoms with Crippen molar-refractivity contribution in [2.45, 2.75) is 24.3 Å². The summed E-state index contributed by atoms with van der Waals surface area (Å²) in [6.45, 7) is 5.33. The fraction of sp³-hybridized carbons (Fsp3) is 0.240. The van der Waals surface area contributed by atoms with Gasteiger partial charge in [-0.3, -0.25) is 9.55 Å². The topological polar surface area (TPSA) is 122 Å². The first kappa shape index (κ1) is 25.9. The van der Waals surface area contributed by atoms with Crippen LogP contribution in [-0.2, 0) is 22.0 Å². The molecule has 0 N–H and O–H groups in total. The van der Waals surface area contributed by atoms with Crippen molar-refractivity contribution in [1.82, 2.24) is 29.7 Å². The molecule has 0 fully saturated rings. The van der Waals surface area contributed by atoms with Crippen LogP contribution >= 0.6 is 0 Å². The first-order chi connectivity index (χ1) is 17.8. The average Bonchev–Trinajstić information content (AvgIpc) is 3.31. The smallest absolute Gasteiger partial charge is 0.170 e. The van der Waals surface area contributed by atoms with Crippen LogP contribution in [0.15, 0.2) is 55.6 Å². The third-order valence-corrected chi connectivity index (χ3v) is 7.75. The van der Waals surface area contributed by atoms with Gasteiger partial charge in [0.2, 0.25) is 0 Å². The molecule has 1 aromatic carbocycles. The number of sulfone groups is 1. The van der Waals surface area contributed by atoms with E-state index < -0.39 is 26.7 Å². The summed E-state index contributed by atoms with van der Waals surface area (Å²) < 4.78 is 52.8. The predicted molar refractivity (Wildman–Crippen MR) is 136 cm³/mol. The van der Waals surface area contributed by atoms with Crippen molar-refractivity contribution in [2.24, 2.45) is 0 Å². The molecule has 4 rings (SSSR count). The summed E-state index contributed by atoms with van der Waals surface area (Å²) in [4.78, 5) is 12.0. The molecule has 0 saturated heterocycles. The number of rotatable bonds is 10. The zero-order chi connectivity index (χ0) is 26.6. The average molecular weight is 525 g/mol. The zero-order valence-electron chi connectivity index (χ0n) is 20.5. The molecule has 3 aromatic heterocycles. The Morgan fingerprint density at radius 1 is 1.08 bits per heavy atom. The Hall–Kier alpha value is -4.19. The molecule has 0 aliphatic rings. The minimum absolute atomic E-state index is 0.00683. The number of pyridine rings is 1. The lowest BCUT2D eigenvalue weighted by Crippen LogP contribution is -2.24. The zero-order valence-corrected chi connectivity index (χ0v) is 21.3. The highest BCUT2D eigenvalue weighted by Crippen LogP contribution is 2.36. The first-order valence-corrected chi connectivity index (χ1v) is 12.9. The van der Waals surface area contributed by atoms with E-state index in [0.717, 1.165) is 18.0 Å². The van der Waals surface area contributed by atoms with Gasteiger partial charge in [-0.1, -0.05) is 18.7 Å². The van der Waals surface area contributed by atoms with Crippen LogP contribution < -0.4 is 9.47 Å². The van der Waals surface area contributed by atoms with Gasteiger partial charge in [0.1, 0.15) is 28.8 Å². The summed E-state index contributed by atoms with van der Waals surface area (Å²) in [7, 11) is -0.777. The van der Waals surface area contributed by atoms with E-state index in [-0.39, 0.29) is 18.1 Å². The molecular formula is C25H25FN6O4S. The standard InChI is InChI=1S/C25H25FN6O4S/c1-5-17-10-18(12-27-11-17)25-31-30-23(32(25)24-20(35-3)7-6-8-21(24)36-4)15-37(33,34)16(2)9-22-28-13-19(26)14-29-22/h5-8,10-14,16H,1,9,15H2,2-4H3/t16-/m1/s1. The van der Waals surface area contributed by atoms with Crippen LogP contribution in [0.2, 0.25) is 0 Å². The number of aromatic nitrogens is 6. The fourth-order valence-corrected chi connectivity index (χ4v) is 4.96. The number of nitrogens with zero attached hydrogens (tertiary/aromatic N) is 6. The van der Waals surface area contributed by atoms with Crippen LogP contribution in [0.1, 0.15) is 24.1 Å². The minimum atomic E-state index is -3.78. The highest BCUT2D eigenvalue weighted by molar-refractivity contribution is 7.91. The van der Waals surface area contributed by atoms with Gasteiger partial charge in [0, 0.05) is 24.4 Å². The van der Waals surface area contributed by atoms with Crippen LogP contribution in [-0.4, -0.2) is 57.6 Å². The monoisotopic (exact) mass is 524 g/mol. The van der Waals surface area contributed by atoms with Crippen LogP contribution in [0.5, 0.6) is 11.5 Å². The SMILES string of the molecule is C=Cc1cncc(-c2nnc(CS(=O)(=O)[C@H](C)Cc3ncc(F)cn3)n2-c2c(OC)cccc2OC)c1. The van der Waals surface area contributed by atoms with E-state index in [9.17, 15) is 12.8 Å². The molecule has 0 aliphatic heterocycles. The normalized spacial score (nSPS) is 12.2. The Bertz CT molecular complexity index is 1500. The molecule has 0 spiro atoms. The predicted octanol–water partition coefficient (Wildman–Crippen LogP) is 3.46. The Morgan fingerprint density at radius 3 is 2.38 bits per heavy atom. The van der Waals surface area contributed by atoms with Gasteiger partial charge in [-0.25, -0.2) is 22.8 Å². The molecule has 12 heteroatoms. The molecule has 4 aromatic rings. The van der Waals surface area contributed by atoms with Gasteiger partial charge in [-0.05, 0) is 30.7 Å². The van der Waals surface area contributed by atoms with Crippen LogP contribution in [0.3, 0.4) is 0 Å². The summed E-state index contributed by atoms with van der Waals surface area (Å²) in [6.07, 6.45) is 6.90. The maximum Gasteiger partial charge on any atom is 0.170 e. The van der Waals surface area contributed by atoms with Gasteiger partial charge in [-0.15, -0.1) is 10.2 Å². The lowest BCUT2D eigenvalue weighted by molar-refractivity contribution is 0.391. The van der Waals surface area contributed by atoms with Crippen molar-refractivity contribution in [1.29, 1.82) is 0 Å². The lowest BCUT2D eigenvalue weighted by Gasteiger charge is -2.18. The number of ether oxygens (including phenoxy) is 2. The summed E-state index contributed by atoms with van der Waals surface area (Å²) in [5, 5.41) is 7.69. The van der Waals surface area contributed by atoms with Crippen LogP contribution in [0.4, 0.5) is 4.39 Å².